The molecule has 1 aromatic heterocycles. The number of aromatic nitrogens is 2. The number of phenols is 1. The maximum atomic E-state index is 9.18. The van der Waals surface area contributed by atoms with E-state index in [0.717, 1.165) is 5.52 Å². The fourth-order valence-corrected chi connectivity index (χ4v) is 1.24. The summed E-state index contributed by atoms with van der Waals surface area (Å²) in [5.41, 5.74) is 2.04. The highest BCUT2D eigenvalue weighted by atomic mass is 35.5. The first-order chi connectivity index (χ1) is 6.16. The Hall–Kier alpha value is -1.35. The predicted octanol–water partition coefficient (Wildman–Crippen LogP) is 2.30. The van der Waals surface area contributed by atoms with Gasteiger partial charge in [-0.15, -0.1) is 0 Å². The topological polar surface area (TPSA) is 46.0 Å². The minimum atomic E-state index is 0.168. The molecule has 0 aliphatic carbocycles. The van der Waals surface area contributed by atoms with E-state index in [1.54, 1.807) is 19.1 Å². The van der Waals surface area contributed by atoms with Crippen molar-refractivity contribution in [2.75, 3.05) is 0 Å². The lowest BCUT2D eigenvalue weighted by molar-refractivity contribution is 0.476. The Bertz CT molecular complexity index is 470. The number of aromatic hydroxyl groups is 1. The van der Waals surface area contributed by atoms with E-state index < -0.39 is 0 Å². The first-order valence-corrected chi connectivity index (χ1v) is 4.17. The Morgan fingerprint density at radius 2 is 2.00 bits per heavy atom. The lowest BCUT2D eigenvalue weighted by Gasteiger charge is -2.00. The first kappa shape index (κ1) is 8.26. The van der Waals surface area contributed by atoms with Crippen LogP contribution in [-0.4, -0.2) is 15.1 Å². The molecule has 0 unspecified atom stereocenters. The number of hydrogen-bond donors (Lipinski definition) is 1. The summed E-state index contributed by atoms with van der Waals surface area (Å²) in [5.74, 6) is 0.168. The number of nitrogens with zero attached hydrogens (tertiary/aromatic N) is 2. The third-order valence-corrected chi connectivity index (χ3v) is 2.12. The highest BCUT2D eigenvalue weighted by Crippen LogP contribution is 2.19. The summed E-state index contributed by atoms with van der Waals surface area (Å²) in [6.07, 6.45) is 0. The Kier molecular flexibility index (Phi) is 1.81. The van der Waals surface area contributed by atoms with Gasteiger partial charge in [0.05, 0.1) is 16.7 Å². The van der Waals surface area contributed by atoms with Crippen molar-refractivity contribution in [1.29, 1.82) is 0 Å². The van der Waals surface area contributed by atoms with Crippen LogP contribution in [0.25, 0.3) is 11.0 Å². The molecule has 0 saturated carbocycles. The van der Waals surface area contributed by atoms with Gasteiger partial charge in [-0.3, -0.25) is 0 Å². The van der Waals surface area contributed by atoms with Crippen molar-refractivity contribution in [2.45, 2.75) is 6.92 Å². The molecule has 0 amide bonds. The Morgan fingerprint density at radius 1 is 1.23 bits per heavy atom. The molecule has 3 nitrogen and oxygen atoms in total. The second-order valence-electron chi connectivity index (χ2n) is 2.77. The average Bonchev–Trinajstić information content (AvgIpc) is 2.08. The van der Waals surface area contributed by atoms with E-state index in [1.807, 2.05) is 0 Å². The van der Waals surface area contributed by atoms with Gasteiger partial charge >= 0.3 is 0 Å². The number of phenolic OH excluding ortho intramolecular Hbond substituents is 1. The molecular weight excluding hydrogens is 188 g/mol. The van der Waals surface area contributed by atoms with Crippen molar-refractivity contribution in [2.24, 2.45) is 0 Å². The summed E-state index contributed by atoms with van der Waals surface area (Å²) in [6.45, 7) is 1.79. The van der Waals surface area contributed by atoms with Gasteiger partial charge in [0.1, 0.15) is 5.75 Å². The molecule has 0 atom stereocenters. The zero-order chi connectivity index (χ0) is 9.42. The minimum Gasteiger partial charge on any atom is -0.508 e. The number of fused-ring (bicyclic) bond motifs is 1. The molecule has 0 spiro atoms. The van der Waals surface area contributed by atoms with Crippen LogP contribution in [0.1, 0.15) is 5.69 Å². The minimum absolute atomic E-state index is 0.168. The number of halogens is 1. The summed E-state index contributed by atoms with van der Waals surface area (Å²) < 4.78 is 0. The lowest BCUT2D eigenvalue weighted by Crippen LogP contribution is -1.89. The second-order valence-corrected chi connectivity index (χ2v) is 3.13. The number of aryl methyl sites for hydroxylation is 1. The molecule has 1 heterocycles. The molecule has 2 aromatic rings. The fraction of sp³-hybridized carbons (Fsp3) is 0.111. The molecule has 1 N–H and O–H groups in total. The summed E-state index contributed by atoms with van der Waals surface area (Å²) in [7, 11) is 0. The normalized spacial score (nSPS) is 10.6. The molecule has 1 aromatic carbocycles. The van der Waals surface area contributed by atoms with Crippen LogP contribution >= 0.6 is 11.6 Å². The summed E-state index contributed by atoms with van der Waals surface area (Å²) >= 11 is 5.78. The molecule has 2 rings (SSSR count). The van der Waals surface area contributed by atoms with E-state index in [0.29, 0.717) is 16.4 Å². The highest BCUT2D eigenvalue weighted by molar-refractivity contribution is 6.30. The first-order valence-electron chi connectivity index (χ1n) is 3.80. The van der Waals surface area contributed by atoms with Gasteiger partial charge in [-0.25, -0.2) is 9.97 Å². The fourth-order valence-electron chi connectivity index (χ4n) is 1.11. The van der Waals surface area contributed by atoms with Crippen LogP contribution in [0, 0.1) is 6.92 Å². The van der Waals surface area contributed by atoms with Crippen LogP contribution < -0.4 is 0 Å². The lowest BCUT2D eigenvalue weighted by atomic mass is 10.3. The van der Waals surface area contributed by atoms with E-state index in [2.05, 4.69) is 9.97 Å². The maximum absolute atomic E-state index is 9.18. The van der Waals surface area contributed by atoms with Crippen molar-refractivity contribution in [3.05, 3.63) is 29.0 Å². The summed E-state index contributed by atoms with van der Waals surface area (Å²) in [5, 5.41) is 9.55. The number of benzene rings is 1. The van der Waals surface area contributed by atoms with Gasteiger partial charge in [0, 0.05) is 6.07 Å². The van der Waals surface area contributed by atoms with Crippen LogP contribution in [0.2, 0.25) is 5.15 Å². The van der Waals surface area contributed by atoms with E-state index in [9.17, 15) is 5.11 Å². The molecule has 13 heavy (non-hydrogen) atoms. The van der Waals surface area contributed by atoms with E-state index >= 15 is 0 Å². The molecule has 66 valence electrons. The Balaban J connectivity index is 2.81. The largest absolute Gasteiger partial charge is 0.508 e. The van der Waals surface area contributed by atoms with Gasteiger partial charge < -0.3 is 5.11 Å². The van der Waals surface area contributed by atoms with E-state index in [-0.39, 0.29) is 5.75 Å². The molecule has 0 bridgehead atoms. The Morgan fingerprint density at radius 3 is 2.77 bits per heavy atom. The number of rotatable bonds is 0. The molecular formula is C9H7ClN2O. The average molecular weight is 195 g/mol. The third-order valence-electron chi connectivity index (χ3n) is 1.76. The smallest absolute Gasteiger partial charge is 0.150 e. The van der Waals surface area contributed by atoms with Gasteiger partial charge in [0.25, 0.3) is 0 Å². The molecule has 0 fully saturated rings. The predicted molar refractivity (Wildman–Crippen MR) is 50.9 cm³/mol. The molecule has 0 radical (unpaired) electrons. The zero-order valence-corrected chi connectivity index (χ0v) is 7.71. The van der Waals surface area contributed by atoms with Crippen molar-refractivity contribution < 1.29 is 5.11 Å². The van der Waals surface area contributed by atoms with Crippen molar-refractivity contribution >= 4 is 22.6 Å². The number of hydrogen-bond acceptors (Lipinski definition) is 3. The molecule has 0 aliphatic rings. The summed E-state index contributed by atoms with van der Waals surface area (Å²) in [6, 6.07) is 4.82. The van der Waals surface area contributed by atoms with Crippen molar-refractivity contribution in [1.82, 2.24) is 9.97 Å². The van der Waals surface area contributed by atoms with Crippen LogP contribution in [0.3, 0.4) is 0 Å². The highest BCUT2D eigenvalue weighted by Gasteiger charge is 2.02. The van der Waals surface area contributed by atoms with Gasteiger partial charge in [0.15, 0.2) is 5.15 Å². The Labute approximate surface area is 80.0 Å². The molecule has 0 saturated heterocycles. The van der Waals surface area contributed by atoms with E-state index in [1.165, 1.54) is 6.07 Å². The van der Waals surface area contributed by atoms with Gasteiger partial charge in [-0.1, -0.05) is 11.6 Å². The standard InChI is InChI=1S/C9H7ClN2O/c1-5-9(10)12-8-4-6(13)2-3-7(8)11-5/h2-4,13H,1H3. The van der Waals surface area contributed by atoms with Gasteiger partial charge in [0.2, 0.25) is 0 Å². The van der Waals surface area contributed by atoms with Gasteiger partial charge in [-0.2, -0.15) is 0 Å². The van der Waals surface area contributed by atoms with Crippen LogP contribution in [0.15, 0.2) is 18.2 Å². The maximum Gasteiger partial charge on any atom is 0.150 e. The van der Waals surface area contributed by atoms with Crippen LogP contribution in [0.5, 0.6) is 5.75 Å². The van der Waals surface area contributed by atoms with Crippen molar-refractivity contribution in [3.8, 4) is 5.75 Å². The SMILES string of the molecule is Cc1nc2ccc(O)cc2nc1Cl. The summed E-state index contributed by atoms with van der Waals surface area (Å²) in [4.78, 5) is 8.29. The molecule has 4 heteroatoms. The monoisotopic (exact) mass is 194 g/mol. The quantitative estimate of drug-likeness (QED) is 0.700. The zero-order valence-electron chi connectivity index (χ0n) is 6.95. The van der Waals surface area contributed by atoms with Crippen LogP contribution in [0.4, 0.5) is 0 Å². The van der Waals surface area contributed by atoms with E-state index in [4.69, 9.17) is 11.6 Å². The third kappa shape index (κ3) is 1.42. The van der Waals surface area contributed by atoms with Crippen molar-refractivity contribution in [3.63, 3.8) is 0 Å². The van der Waals surface area contributed by atoms with Crippen LogP contribution in [-0.2, 0) is 0 Å². The van der Waals surface area contributed by atoms with Gasteiger partial charge in [-0.05, 0) is 19.1 Å². The molecule has 0 aliphatic heterocycles. The second kappa shape index (κ2) is 2.85.